The number of rotatable bonds is 6. The lowest BCUT2D eigenvalue weighted by atomic mass is 9.90. The van der Waals surface area contributed by atoms with E-state index < -0.39 is 53.9 Å². The lowest BCUT2D eigenvalue weighted by Crippen LogP contribution is -2.54. The SMILES string of the molecule is CC[C@@H]1CCN(S(=O)(=O)c2ccc([N+](=O)[O-])cc2[N+](=O)[O-])C[C@H]1NC(=O)OC(C)(C)C. The number of hydrogen-bond donors (Lipinski definition) is 1. The predicted molar refractivity (Wildman–Crippen MR) is 110 cm³/mol. The van der Waals surface area contributed by atoms with Crippen LogP contribution in [0.25, 0.3) is 0 Å². The molecule has 1 fully saturated rings. The van der Waals surface area contributed by atoms with Crippen LogP contribution in [0.2, 0.25) is 0 Å². The molecule has 0 aliphatic carbocycles. The predicted octanol–water partition coefficient (Wildman–Crippen LogP) is 2.82. The van der Waals surface area contributed by atoms with Crippen molar-refractivity contribution in [3.63, 3.8) is 0 Å². The summed E-state index contributed by atoms with van der Waals surface area (Å²) in [5, 5.41) is 25.0. The van der Waals surface area contributed by atoms with E-state index in [0.717, 1.165) is 16.4 Å². The molecule has 1 aromatic carbocycles. The number of carbonyl (C=O) groups excluding carboxylic acids is 1. The summed E-state index contributed by atoms with van der Waals surface area (Å²) in [5.74, 6) is -0.00850. The summed E-state index contributed by atoms with van der Waals surface area (Å²) in [6, 6.07) is 1.85. The van der Waals surface area contributed by atoms with Crippen molar-refractivity contribution in [2.45, 2.75) is 57.1 Å². The molecule has 2 atom stereocenters. The second kappa shape index (κ2) is 9.14. The van der Waals surface area contributed by atoms with Crippen LogP contribution < -0.4 is 5.32 Å². The summed E-state index contributed by atoms with van der Waals surface area (Å²) < 4.78 is 32.6. The molecular weight excluding hydrogens is 432 g/mol. The van der Waals surface area contributed by atoms with Crippen molar-refractivity contribution in [2.75, 3.05) is 13.1 Å². The average molecular weight is 458 g/mol. The number of non-ortho nitro benzene ring substituents is 1. The Morgan fingerprint density at radius 1 is 1.26 bits per heavy atom. The first-order valence-electron chi connectivity index (χ1n) is 9.68. The third-order valence-corrected chi connectivity index (χ3v) is 6.83. The summed E-state index contributed by atoms with van der Waals surface area (Å²) in [7, 11) is -4.34. The summed E-state index contributed by atoms with van der Waals surface area (Å²) in [6.07, 6.45) is 0.430. The van der Waals surface area contributed by atoms with Crippen molar-refractivity contribution in [3.8, 4) is 0 Å². The van der Waals surface area contributed by atoms with Crippen LogP contribution in [0, 0.1) is 26.1 Å². The Morgan fingerprint density at radius 3 is 2.42 bits per heavy atom. The third kappa shape index (κ3) is 5.88. The molecule has 31 heavy (non-hydrogen) atoms. The van der Waals surface area contributed by atoms with Gasteiger partial charge in [0.15, 0.2) is 4.90 Å². The van der Waals surface area contributed by atoms with Gasteiger partial charge in [-0.05, 0) is 39.2 Å². The van der Waals surface area contributed by atoms with Gasteiger partial charge in [-0.15, -0.1) is 0 Å². The lowest BCUT2D eigenvalue weighted by Gasteiger charge is -2.38. The average Bonchev–Trinajstić information content (AvgIpc) is 2.65. The van der Waals surface area contributed by atoms with Crippen LogP contribution in [0.5, 0.6) is 0 Å². The normalized spacial score (nSPS) is 20.1. The van der Waals surface area contributed by atoms with Crippen molar-refractivity contribution in [1.82, 2.24) is 9.62 Å². The highest BCUT2D eigenvalue weighted by molar-refractivity contribution is 7.89. The molecule has 0 aromatic heterocycles. The van der Waals surface area contributed by atoms with E-state index in [2.05, 4.69) is 5.32 Å². The zero-order valence-electron chi connectivity index (χ0n) is 17.7. The van der Waals surface area contributed by atoms with Gasteiger partial charge in [-0.25, -0.2) is 13.2 Å². The molecule has 1 N–H and O–H groups in total. The number of carbonyl (C=O) groups is 1. The second-order valence-corrected chi connectivity index (χ2v) is 10.1. The maximum atomic E-state index is 13.2. The number of nitrogens with one attached hydrogen (secondary N) is 1. The summed E-state index contributed by atoms with van der Waals surface area (Å²) in [6.45, 7) is 7.02. The number of nitro benzene ring substituents is 2. The quantitative estimate of drug-likeness (QED) is 0.502. The van der Waals surface area contributed by atoms with Crippen molar-refractivity contribution < 1.29 is 27.8 Å². The first-order chi connectivity index (χ1) is 14.3. The maximum absolute atomic E-state index is 13.2. The Hall–Kier alpha value is -2.80. The largest absolute Gasteiger partial charge is 0.444 e. The highest BCUT2D eigenvalue weighted by Crippen LogP contribution is 2.33. The number of hydrogen-bond acceptors (Lipinski definition) is 8. The fourth-order valence-corrected chi connectivity index (χ4v) is 5.04. The Bertz CT molecular complexity index is 973. The van der Waals surface area contributed by atoms with Crippen LogP contribution in [-0.4, -0.2) is 53.4 Å². The first kappa shape index (κ1) is 24.5. The molecule has 1 saturated heterocycles. The Morgan fingerprint density at radius 2 is 1.90 bits per heavy atom. The molecule has 12 nitrogen and oxygen atoms in total. The van der Waals surface area contributed by atoms with Crippen LogP contribution in [0.1, 0.15) is 40.5 Å². The fraction of sp³-hybridized carbons (Fsp3) is 0.611. The minimum atomic E-state index is -4.34. The number of benzene rings is 1. The van der Waals surface area contributed by atoms with Crippen molar-refractivity contribution in [3.05, 3.63) is 38.4 Å². The van der Waals surface area contributed by atoms with E-state index in [9.17, 15) is 33.4 Å². The molecule has 2 rings (SSSR count). The van der Waals surface area contributed by atoms with Crippen molar-refractivity contribution in [1.29, 1.82) is 0 Å². The summed E-state index contributed by atoms with van der Waals surface area (Å²) in [5.41, 5.74) is -2.19. The number of sulfonamides is 1. The minimum Gasteiger partial charge on any atom is -0.444 e. The van der Waals surface area contributed by atoms with E-state index in [-0.39, 0.29) is 19.0 Å². The molecule has 1 aliphatic heterocycles. The molecule has 0 spiro atoms. The molecule has 0 saturated carbocycles. The van der Waals surface area contributed by atoms with Crippen LogP contribution in [0.3, 0.4) is 0 Å². The third-order valence-electron chi connectivity index (χ3n) is 4.91. The van der Waals surface area contributed by atoms with E-state index >= 15 is 0 Å². The van der Waals surface area contributed by atoms with Crippen LogP contribution in [-0.2, 0) is 14.8 Å². The molecular formula is C18H26N4O8S. The Balaban J connectivity index is 2.34. The fourth-order valence-electron chi connectivity index (χ4n) is 3.42. The molecule has 0 unspecified atom stereocenters. The van der Waals surface area contributed by atoms with Gasteiger partial charge in [-0.1, -0.05) is 13.3 Å². The van der Waals surface area contributed by atoms with Gasteiger partial charge in [0, 0.05) is 25.2 Å². The molecule has 1 amide bonds. The van der Waals surface area contributed by atoms with Gasteiger partial charge >= 0.3 is 6.09 Å². The van der Waals surface area contributed by atoms with Gasteiger partial charge in [0.2, 0.25) is 10.0 Å². The van der Waals surface area contributed by atoms with Crippen molar-refractivity contribution in [2.24, 2.45) is 5.92 Å². The molecule has 0 radical (unpaired) electrons. The standard InChI is InChI=1S/C18H26N4O8S/c1-5-12-8-9-20(11-14(12)19-17(23)30-18(2,3)4)31(28,29)16-7-6-13(21(24)25)10-15(16)22(26)27/h6-7,10,12,14H,5,8-9,11H2,1-4H3,(H,19,23)/t12-,14-/m1/s1. The molecule has 13 heteroatoms. The number of amides is 1. The van der Waals surface area contributed by atoms with Gasteiger partial charge in [0.05, 0.1) is 15.9 Å². The van der Waals surface area contributed by atoms with Gasteiger partial charge in [-0.2, -0.15) is 4.31 Å². The number of nitro groups is 2. The second-order valence-electron chi connectivity index (χ2n) is 8.24. The smallest absolute Gasteiger partial charge is 0.407 e. The van der Waals surface area contributed by atoms with E-state index in [0.29, 0.717) is 18.9 Å². The van der Waals surface area contributed by atoms with E-state index in [4.69, 9.17) is 4.74 Å². The van der Waals surface area contributed by atoms with Gasteiger partial charge in [0.1, 0.15) is 5.60 Å². The molecule has 1 aromatic rings. The van der Waals surface area contributed by atoms with Gasteiger partial charge < -0.3 is 10.1 Å². The Kier molecular flexibility index (Phi) is 7.21. The van der Waals surface area contributed by atoms with E-state index in [1.54, 1.807) is 20.8 Å². The van der Waals surface area contributed by atoms with E-state index in [1.807, 2.05) is 6.92 Å². The zero-order valence-corrected chi connectivity index (χ0v) is 18.5. The molecule has 0 bridgehead atoms. The maximum Gasteiger partial charge on any atom is 0.407 e. The van der Waals surface area contributed by atoms with Crippen LogP contribution in [0.4, 0.5) is 16.2 Å². The number of alkyl carbamates (subject to hydrolysis) is 1. The van der Waals surface area contributed by atoms with Crippen LogP contribution >= 0.6 is 0 Å². The van der Waals surface area contributed by atoms with Gasteiger partial charge in [0.25, 0.3) is 11.4 Å². The number of nitrogens with zero attached hydrogens (tertiary/aromatic N) is 3. The molecule has 172 valence electrons. The highest BCUT2D eigenvalue weighted by atomic mass is 32.2. The first-order valence-corrected chi connectivity index (χ1v) is 11.1. The monoisotopic (exact) mass is 458 g/mol. The molecule has 1 heterocycles. The van der Waals surface area contributed by atoms with Crippen LogP contribution in [0.15, 0.2) is 23.1 Å². The number of piperidine rings is 1. The van der Waals surface area contributed by atoms with Gasteiger partial charge in [-0.3, -0.25) is 20.2 Å². The summed E-state index contributed by atoms with van der Waals surface area (Å²) >= 11 is 0. The van der Waals surface area contributed by atoms with Crippen molar-refractivity contribution >= 4 is 27.5 Å². The minimum absolute atomic E-state index is 0.00850. The Labute approximate surface area is 179 Å². The topological polar surface area (TPSA) is 162 Å². The highest BCUT2D eigenvalue weighted by Gasteiger charge is 2.39. The van der Waals surface area contributed by atoms with E-state index in [1.165, 1.54) is 0 Å². The zero-order chi connectivity index (χ0) is 23.6. The number of ether oxygens (including phenoxy) is 1. The lowest BCUT2D eigenvalue weighted by molar-refractivity contribution is -0.396. The molecule has 1 aliphatic rings. The summed E-state index contributed by atoms with van der Waals surface area (Å²) in [4.78, 5) is 32.1.